The smallest absolute Gasteiger partial charge is 0.342 e. The quantitative estimate of drug-likeness (QED) is 0.229. The molecule has 2 N–H and O–H groups in total. The summed E-state index contributed by atoms with van der Waals surface area (Å²) < 4.78 is 5.68. The molecular weight excluding hydrogens is 556 g/mol. The lowest BCUT2D eigenvalue weighted by Crippen LogP contribution is -2.08. The van der Waals surface area contributed by atoms with Crippen molar-refractivity contribution in [3.63, 3.8) is 0 Å². The minimum Gasteiger partial charge on any atom is -0.462 e. The third-order valence-electron chi connectivity index (χ3n) is 9.88. The summed E-state index contributed by atoms with van der Waals surface area (Å²) in [7, 11) is 0. The zero-order chi connectivity index (χ0) is 32.3. The van der Waals surface area contributed by atoms with Crippen LogP contribution in [0.2, 0.25) is 0 Å². The van der Waals surface area contributed by atoms with Crippen LogP contribution in [0.25, 0.3) is 44.4 Å². The third kappa shape index (κ3) is 5.02. The lowest BCUT2D eigenvalue weighted by molar-refractivity contribution is 0.0527. The largest absolute Gasteiger partial charge is 0.462 e. The second-order valence-electron chi connectivity index (χ2n) is 12.5. The zero-order valence-corrected chi connectivity index (χ0v) is 28.1. The number of allylic oxidation sites excluding steroid dienone is 4. The monoisotopic (exact) mass is 598 g/mol. The summed E-state index contributed by atoms with van der Waals surface area (Å²) in [5, 5.41) is 0. The van der Waals surface area contributed by atoms with Crippen LogP contribution < -0.4 is 0 Å². The van der Waals surface area contributed by atoms with Gasteiger partial charge in [0.15, 0.2) is 0 Å². The van der Waals surface area contributed by atoms with Crippen molar-refractivity contribution >= 4 is 50.3 Å². The van der Waals surface area contributed by atoms with Crippen LogP contribution in [0.15, 0.2) is 36.4 Å². The van der Waals surface area contributed by atoms with Gasteiger partial charge in [-0.25, -0.2) is 14.8 Å². The van der Waals surface area contributed by atoms with Gasteiger partial charge in [-0.05, 0) is 131 Å². The number of H-pyrrole nitrogens is 2. The van der Waals surface area contributed by atoms with Crippen molar-refractivity contribution in [1.82, 2.24) is 19.9 Å². The fourth-order valence-electron chi connectivity index (χ4n) is 6.39. The molecule has 2 aliphatic heterocycles. The number of ether oxygens (including phenoxy) is 1. The lowest BCUT2D eigenvalue weighted by Gasteiger charge is -2.10. The molecule has 1 aromatic carbocycles. The van der Waals surface area contributed by atoms with E-state index in [9.17, 15) is 4.79 Å². The highest BCUT2D eigenvalue weighted by atomic mass is 16.5. The first-order valence-electron chi connectivity index (χ1n) is 15.7. The van der Waals surface area contributed by atoms with E-state index in [0.717, 1.165) is 78.1 Å². The summed E-state index contributed by atoms with van der Waals surface area (Å²) in [6, 6.07) is 13.0. The maximum absolute atomic E-state index is 13.8. The van der Waals surface area contributed by atoms with Crippen LogP contribution in [-0.2, 0) is 11.2 Å². The molecular formula is C39H42N4O2. The topological polar surface area (TPSA) is 83.7 Å². The van der Waals surface area contributed by atoms with E-state index in [1.807, 2.05) is 6.92 Å². The number of fused-ring (bicyclic) bond motifs is 8. The van der Waals surface area contributed by atoms with Crippen LogP contribution in [0.1, 0.15) is 107 Å². The van der Waals surface area contributed by atoms with Gasteiger partial charge in [0, 0.05) is 28.5 Å². The van der Waals surface area contributed by atoms with Gasteiger partial charge in [-0.1, -0.05) is 29.8 Å². The summed E-state index contributed by atoms with van der Waals surface area (Å²) in [5.74, 6) is -0.383. The van der Waals surface area contributed by atoms with Crippen molar-refractivity contribution in [3.05, 3.63) is 104 Å². The van der Waals surface area contributed by atoms with Gasteiger partial charge in [0.25, 0.3) is 0 Å². The lowest BCUT2D eigenvalue weighted by atomic mass is 9.94. The summed E-state index contributed by atoms with van der Waals surface area (Å²) in [5.41, 5.74) is 19.8. The van der Waals surface area contributed by atoms with E-state index in [-0.39, 0.29) is 12.6 Å². The molecule has 4 aromatic rings. The molecule has 0 amide bonds. The van der Waals surface area contributed by atoms with Gasteiger partial charge in [0.2, 0.25) is 0 Å². The van der Waals surface area contributed by atoms with E-state index < -0.39 is 0 Å². The van der Waals surface area contributed by atoms with Crippen molar-refractivity contribution in [1.29, 1.82) is 0 Å². The number of carbonyl (C=O) groups excluding carboxylic acids is 1. The number of rotatable bonds is 4. The molecule has 0 spiro atoms. The van der Waals surface area contributed by atoms with Crippen molar-refractivity contribution in [2.75, 3.05) is 6.61 Å². The van der Waals surface area contributed by atoms with E-state index in [4.69, 9.17) is 14.7 Å². The average molecular weight is 599 g/mol. The molecule has 6 heteroatoms. The van der Waals surface area contributed by atoms with Crippen LogP contribution in [0, 0.1) is 34.6 Å². The van der Waals surface area contributed by atoms with Crippen molar-refractivity contribution < 1.29 is 9.53 Å². The van der Waals surface area contributed by atoms with E-state index in [0.29, 0.717) is 17.7 Å². The molecule has 0 unspecified atom stereocenters. The molecule has 6 nitrogen and oxygen atoms in total. The second-order valence-corrected chi connectivity index (χ2v) is 12.5. The Morgan fingerprint density at radius 2 is 1.22 bits per heavy atom. The number of hydrogen-bond donors (Lipinski definition) is 2. The summed E-state index contributed by atoms with van der Waals surface area (Å²) in [6.45, 7) is 21.1. The molecule has 0 aliphatic carbocycles. The molecule has 0 atom stereocenters. The molecule has 2 aliphatic rings. The fraction of sp³-hybridized carbons (Fsp3) is 0.308. The van der Waals surface area contributed by atoms with Gasteiger partial charge >= 0.3 is 5.97 Å². The Hall–Kier alpha value is -4.71. The number of aromatic nitrogens is 4. The number of nitrogens with one attached hydrogen (secondary N) is 2. The Labute approximate surface area is 265 Å². The summed E-state index contributed by atoms with van der Waals surface area (Å²) in [6.07, 6.45) is 0.660. The maximum Gasteiger partial charge on any atom is 0.342 e. The number of benzene rings is 1. The molecule has 0 fully saturated rings. The first-order chi connectivity index (χ1) is 21.4. The van der Waals surface area contributed by atoms with E-state index in [1.165, 1.54) is 22.3 Å². The number of carbonyl (C=O) groups is 1. The summed E-state index contributed by atoms with van der Waals surface area (Å²) >= 11 is 0. The predicted octanol–water partition coefficient (Wildman–Crippen LogP) is 9.53. The van der Waals surface area contributed by atoms with E-state index in [1.54, 1.807) is 0 Å². The van der Waals surface area contributed by atoms with Crippen LogP contribution in [-0.4, -0.2) is 32.5 Å². The van der Waals surface area contributed by atoms with Crippen LogP contribution in [0.3, 0.4) is 0 Å². The van der Waals surface area contributed by atoms with Gasteiger partial charge in [-0.2, -0.15) is 0 Å². The molecule has 230 valence electrons. The molecule has 3 aromatic heterocycles. The van der Waals surface area contributed by atoms with Crippen molar-refractivity contribution in [3.8, 4) is 0 Å². The Morgan fingerprint density at radius 1 is 0.667 bits per heavy atom. The number of nitrogens with zero attached hydrogens (tertiary/aromatic N) is 2. The van der Waals surface area contributed by atoms with Gasteiger partial charge < -0.3 is 14.7 Å². The third-order valence-corrected chi connectivity index (χ3v) is 9.88. The predicted molar refractivity (Wildman–Crippen MR) is 186 cm³/mol. The fourth-order valence-corrected chi connectivity index (χ4v) is 6.39. The first kappa shape index (κ1) is 30.3. The minimum absolute atomic E-state index is 0.273. The average Bonchev–Trinajstić information content (AvgIpc) is 3.65. The van der Waals surface area contributed by atoms with Crippen LogP contribution in [0.5, 0.6) is 0 Å². The summed E-state index contributed by atoms with van der Waals surface area (Å²) in [4.78, 5) is 31.7. The molecule has 0 saturated heterocycles. The van der Waals surface area contributed by atoms with Crippen molar-refractivity contribution in [2.45, 2.75) is 75.7 Å². The SMILES string of the molecule is CCOC(=O)c1c2nc(c(Cc3ccc(C)cc3)c3nc(cc4[nH]c(cc5[nH]c1c(C)c5C)c(C)c4C)C(C)=C3C)C(C)=C2C. The normalized spacial score (nSPS) is 13.2. The molecule has 5 heterocycles. The molecule has 0 saturated carbocycles. The Bertz CT molecular complexity index is 2140. The number of esters is 1. The van der Waals surface area contributed by atoms with Crippen molar-refractivity contribution in [2.24, 2.45) is 0 Å². The minimum atomic E-state index is -0.383. The molecule has 6 rings (SSSR count). The van der Waals surface area contributed by atoms with E-state index in [2.05, 4.69) is 109 Å². The molecule has 45 heavy (non-hydrogen) atoms. The second kappa shape index (κ2) is 11.3. The van der Waals surface area contributed by atoms with Gasteiger partial charge in [0.05, 0.1) is 34.9 Å². The van der Waals surface area contributed by atoms with Gasteiger partial charge in [0.1, 0.15) is 5.56 Å². The standard InChI is InChI=1S/C39H42N4O2/c1-11-45-39(44)34-37-25(8)23(6)33(42-37)18-31-21(4)20(3)30(40-31)17-32-22(5)24(7)35(41-32)29(16-28-14-12-19(2)13-15-28)36-26(9)27(10)38(34)43-36/h12-15,17-18,40,42H,11,16H2,1-10H3. The Kier molecular flexibility index (Phi) is 7.64. The van der Waals surface area contributed by atoms with Crippen LogP contribution in [0.4, 0.5) is 0 Å². The number of hydrogen-bond acceptors (Lipinski definition) is 4. The first-order valence-corrected chi connectivity index (χ1v) is 15.7. The number of aromatic amines is 2. The highest BCUT2D eigenvalue weighted by molar-refractivity contribution is 6.06. The van der Waals surface area contributed by atoms with Gasteiger partial charge in [-0.3, -0.25) is 0 Å². The zero-order valence-electron chi connectivity index (χ0n) is 28.1. The number of aryl methyl sites for hydroxylation is 5. The Balaban J connectivity index is 1.86. The highest BCUT2D eigenvalue weighted by Crippen LogP contribution is 2.39. The van der Waals surface area contributed by atoms with Gasteiger partial charge in [-0.15, -0.1) is 0 Å². The highest BCUT2D eigenvalue weighted by Gasteiger charge is 2.28. The molecule has 0 radical (unpaired) electrons. The van der Waals surface area contributed by atoms with E-state index >= 15 is 0 Å². The van der Waals surface area contributed by atoms with Crippen LogP contribution >= 0.6 is 0 Å². The maximum atomic E-state index is 13.8. The Morgan fingerprint density at radius 3 is 1.89 bits per heavy atom. The molecule has 8 bridgehead atoms.